The number of hydrogen-bond acceptors (Lipinski definition) is 3. The van der Waals surface area contributed by atoms with Crippen molar-refractivity contribution in [3.8, 4) is 0 Å². The summed E-state index contributed by atoms with van der Waals surface area (Å²) in [6.07, 6.45) is 4.34. The third-order valence-corrected chi connectivity index (χ3v) is 3.04. The molecule has 1 heterocycles. The number of aromatic nitrogens is 1. The SMILES string of the molecule is Cc1ccc(C(O)=CC(=O)c2ccncc2)cc1C. The molecule has 0 radical (unpaired) electrons. The van der Waals surface area contributed by atoms with E-state index in [9.17, 15) is 9.90 Å². The van der Waals surface area contributed by atoms with Crippen LogP contribution in [0.1, 0.15) is 27.0 Å². The van der Waals surface area contributed by atoms with E-state index in [1.807, 2.05) is 26.0 Å². The van der Waals surface area contributed by atoms with Crippen LogP contribution in [0.5, 0.6) is 0 Å². The number of aliphatic hydroxyl groups excluding tert-OH is 1. The summed E-state index contributed by atoms with van der Waals surface area (Å²) in [6, 6.07) is 8.82. The minimum atomic E-state index is -0.238. The zero-order valence-corrected chi connectivity index (χ0v) is 10.9. The molecule has 3 nitrogen and oxygen atoms in total. The van der Waals surface area contributed by atoms with Crippen LogP contribution >= 0.6 is 0 Å². The van der Waals surface area contributed by atoms with Gasteiger partial charge in [0.1, 0.15) is 5.76 Å². The van der Waals surface area contributed by atoms with Gasteiger partial charge in [-0.15, -0.1) is 0 Å². The Hall–Kier alpha value is -2.42. The highest BCUT2D eigenvalue weighted by Crippen LogP contribution is 2.17. The number of benzene rings is 1. The lowest BCUT2D eigenvalue weighted by molar-refractivity contribution is 0.104. The Balaban J connectivity index is 2.28. The summed E-state index contributed by atoms with van der Waals surface area (Å²) < 4.78 is 0. The fourth-order valence-corrected chi connectivity index (χ4v) is 1.71. The zero-order valence-electron chi connectivity index (χ0n) is 10.9. The summed E-state index contributed by atoms with van der Waals surface area (Å²) in [6.45, 7) is 3.97. The summed E-state index contributed by atoms with van der Waals surface area (Å²) in [5.41, 5.74) is 3.38. The molecular weight excluding hydrogens is 238 g/mol. The number of nitrogens with zero attached hydrogens (tertiary/aromatic N) is 1. The third kappa shape index (κ3) is 3.07. The normalized spacial score (nSPS) is 11.4. The molecule has 1 aromatic heterocycles. The predicted octanol–water partition coefficient (Wildman–Crippen LogP) is 3.48. The smallest absolute Gasteiger partial charge is 0.189 e. The van der Waals surface area contributed by atoms with Crippen LogP contribution in [0.2, 0.25) is 0 Å². The molecule has 0 fully saturated rings. The van der Waals surface area contributed by atoms with E-state index < -0.39 is 0 Å². The molecule has 0 spiro atoms. The molecule has 0 bridgehead atoms. The lowest BCUT2D eigenvalue weighted by Gasteiger charge is -2.04. The Morgan fingerprint density at radius 2 is 1.74 bits per heavy atom. The van der Waals surface area contributed by atoms with Crippen molar-refractivity contribution >= 4 is 11.5 Å². The van der Waals surface area contributed by atoms with E-state index in [0.717, 1.165) is 11.1 Å². The topological polar surface area (TPSA) is 50.2 Å². The van der Waals surface area contributed by atoms with E-state index in [1.165, 1.54) is 6.08 Å². The van der Waals surface area contributed by atoms with Gasteiger partial charge in [-0.25, -0.2) is 0 Å². The number of ketones is 1. The number of carbonyl (C=O) groups is 1. The Morgan fingerprint density at radius 3 is 2.37 bits per heavy atom. The number of hydrogen-bond donors (Lipinski definition) is 1. The molecule has 0 saturated heterocycles. The number of aliphatic hydroxyl groups is 1. The van der Waals surface area contributed by atoms with Crippen LogP contribution in [0.4, 0.5) is 0 Å². The molecule has 0 aliphatic heterocycles. The number of rotatable bonds is 3. The fraction of sp³-hybridized carbons (Fsp3) is 0.125. The maximum Gasteiger partial charge on any atom is 0.189 e. The quantitative estimate of drug-likeness (QED) is 0.517. The summed E-state index contributed by atoms with van der Waals surface area (Å²) in [7, 11) is 0. The van der Waals surface area contributed by atoms with Gasteiger partial charge in [0.2, 0.25) is 0 Å². The first kappa shape index (κ1) is 13.0. The minimum Gasteiger partial charge on any atom is -0.507 e. The summed E-state index contributed by atoms with van der Waals surface area (Å²) in [5.74, 6) is -0.261. The van der Waals surface area contributed by atoms with E-state index in [2.05, 4.69) is 4.98 Å². The van der Waals surface area contributed by atoms with Crippen molar-refractivity contribution in [1.29, 1.82) is 0 Å². The van der Waals surface area contributed by atoms with Gasteiger partial charge in [0, 0.05) is 29.6 Å². The number of carbonyl (C=O) groups excluding carboxylic acids is 1. The lowest BCUT2D eigenvalue weighted by Crippen LogP contribution is -1.97. The minimum absolute atomic E-state index is 0.0232. The molecule has 3 heteroatoms. The Morgan fingerprint density at radius 1 is 1.05 bits per heavy atom. The maximum absolute atomic E-state index is 11.9. The highest BCUT2D eigenvalue weighted by molar-refractivity contribution is 6.07. The molecule has 1 aromatic carbocycles. The maximum atomic E-state index is 11.9. The first-order valence-corrected chi connectivity index (χ1v) is 6.00. The van der Waals surface area contributed by atoms with Gasteiger partial charge >= 0.3 is 0 Å². The Labute approximate surface area is 112 Å². The van der Waals surface area contributed by atoms with E-state index in [4.69, 9.17) is 0 Å². The standard InChI is InChI=1S/C16H15NO2/c1-11-3-4-14(9-12(11)2)16(19)10-15(18)13-5-7-17-8-6-13/h3-10,19H,1-2H3. The molecule has 2 rings (SSSR count). The van der Waals surface area contributed by atoms with Gasteiger partial charge < -0.3 is 5.11 Å². The van der Waals surface area contributed by atoms with Gasteiger partial charge in [0.05, 0.1) is 0 Å². The number of aryl methyl sites for hydroxylation is 2. The van der Waals surface area contributed by atoms with E-state index in [1.54, 1.807) is 30.6 Å². The monoisotopic (exact) mass is 253 g/mol. The second kappa shape index (κ2) is 5.48. The number of pyridine rings is 1. The molecule has 0 amide bonds. The Kier molecular flexibility index (Phi) is 3.76. The number of allylic oxidation sites excluding steroid dienone is 1. The van der Waals surface area contributed by atoms with E-state index >= 15 is 0 Å². The summed E-state index contributed by atoms with van der Waals surface area (Å²) >= 11 is 0. The van der Waals surface area contributed by atoms with Crippen LogP contribution in [0.15, 0.2) is 48.8 Å². The van der Waals surface area contributed by atoms with Crippen LogP contribution in [0, 0.1) is 13.8 Å². The first-order chi connectivity index (χ1) is 9.08. The van der Waals surface area contributed by atoms with Crippen LogP contribution in [0.25, 0.3) is 5.76 Å². The van der Waals surface area contributed by atoms with Crippen molar-refractivity contribution in [2.75, 3.05) is 0 Å². The molecule has 1 N–H and O–H groups in total. The van der Waals surface area contributed by atoms with Gasteiger partial charge in [-0.2, -0.15) is 0 Å². The van der Waals surface area contributed by atoms with Crippen molar-refractivity contribution in [2.24, 2.45) is 0 Å². The summed E-state index contributed by atoms with van der Waals surface area (Å²) in [5, 5.41) is 9.99. The van der Waals surface area contributed by atoms with E-state index in [0.29, 0.717) is 11.1 Å². The second-order valence-corrected chi connectivity index (χ2v) is 4.43. The van der Waals surface area contributed by atoms with Gasteiger partial charge in [0.25, 0.3) is 0 Å². The highest BCUT2D eigenvalue weighted by Gasteiger charge is 2.06. The van der Waals surface area contributed by atoms with Gasteiger partial charge in [-0.3, -0.25) is 9.78 Å². The molecule has 0 unspecified atom stereocenters. The predicted molar refractivity (Wildman–Crippen MR) is 75.1 cm³/mol. The molecule has 0 atom stereocenters. The van der Waals surface area contributed by atoms with Crippen LogP contribution in [-0.2, 0) is 0 Å². The average molecular weight is 253 g/mol. The molecule has 19 heavy (non-hydrogen) atoms. The zero-order chi connectivity index (χ0) is 13.8. The van der Waals surface area contributed by atoms with Crippen molar-refractivity contribution in [2.45, 2.75) is 13.8 Å². The fourth-order valence-electron chi connectivity index (χ4n) is 1.71. The van der Waals surface area contributed by atoms with Crippen molar-refractivity contribution < 1.29 is 9.90 Å². The lowest BCUT2D eigenvalue weighted by atomic mass is 10.0. The molecule has 2 aromatic rings. The van der Waals surface area contributed by atoms with Crippen molar-refractivity contribution in [1.82, 2.24) is 4.98 Å². The Bertz CT molecular complexity index is 630. The molecule has 0 saturated carbocycles. The van der Waals surface area contributed by atoms with Crippen molar-refractivity contribution in [3.05, 3.63) is 71.1 Å². The molecule has 0 aliphatic carbocycles. The average Bonchev–Trinajstić information content (AvgIpc) is 2.42. The van der Waals surface area contributed by atoms with Crippen LogP contribution in [0.3, 0.4) is 0 Å². The third-order valence-electron chi connectivity index (χ3n) is 3.04. The van der Waals surface area contributed by atoms with Crippen LogP contribution < -0.4 is 0 Å². The van der Waals surface area contributed by atoms with Gasteiger partial charge in [-0.05, 0) is 43.2 Å². The van der Waals surface area contributed by atoms with E-state index in [-0.39, 0.29) is 11.5 Å². The first-order valence-electron chi connectivity index (χ1n) is 6.00. The van der Waals surface area contributed by atoms with Crippen LogP contribution in [-0.4, -0.2) is 15.9 Å². The molecule has 96 valence electrons. The summed E-state index contributed by atoms with van der Waals surface area (Å²) in [4.78, 5) is 15.8. The van der Waals surface area contributed by atoms with Gasteiger partial charge in [0.15, 0.2) is 5.78 Å². The molecule has 0 aliphatic rings. The van der Waals surface area contributed by atoms with Gasteiger partial charge in [-0.1, -0.05) is 12.1 Å². The van der Waals surface area contributed by atoms with Crippen molar-refractivity contribution in [3.63, 3.8) is 0 Å². The largest absolute Gasteiger partial charge is 0.507 e. The molecular formula is C16H15NO2. The second-order valence-electron chi connectivity index (χ2n) is 4.43. The highest BCUT2D eigenvalue weighted by atomic mass is 16.3.